The molecule has 0 aromatic heterocycles. The molecule has 1 unspecified atom stereocenters. The Kier molecular flexibility index (Phi) is 5.15. The van der Waals surface area contributed by atoms with Gasteiger partial charge in [-0.1, -0.05) is 20.3 Å². The fourth-order valence-electron chi connectivity index (χ4n) is 3.82. The van der Waals surface area contributed by atoms with Crippen molar-refractivity contribution in [2.75, 3.05) is 26.3 Å². The normalized spacial score (nSPS) is 27.0. The van der Waals surface area contributed by atoms with E-state index in [0.717, 1.165) is 25.7 Å². The molecule has 2 aliphatic rings. The molecule has 0 bridgehead atoms. The molecule has 0 aromatic carbocycles. The smallest absolute Gasteiger partial charge is 0.311 e. The van der Waals surface area contributed by atoms with E-state index in [1.54, 1.807) is 4.90 Å². The number of rotatable bonds is 7. The van der Waals surface area contributed by atoms with Crippen LogP contribution in [0.1, 0.15) is 52.9 Å². The van der Waals surface area contributed by atoms with Gasteiger partial charge in [0, 0.05) is 26.3 Å². The average molecular weight is 311 g/mol. The third-order valence-corrected chi connectivity index (χ3v) is 5.81. The predicted octanol–water partition coefficient (Wildman–Crippen LogP) is 2.54. The quantitative estimate of drug-likeness (QED) is 0.734. The van der Waals surface area contributed by atoms with Gasteiger partial charge in [-0.3, -0.25) is 9.59 Å². The van der Waals surface area contributed by atoms with Crippen LogP contribution in [0.25, 0.3) is 0 Å². The second-order valence-electron chi connectivity index (χ2n) is 7.17. The molecule has 2 fully saturated rings. The molecule has 0 spiro atoms. The highest BCUT2D eigenvalue weighted by atomic mass is 16.5. The van der Waals surface area contributed by atoms with Gasteiger partial charge < -0.3 is 14.7 Å². The van der Waals surface area contributed by atoms with E-state index in [-0.39, 0.29) is 17.2 Å². The first-order valence-electron chi connectivity index (χ1n) is 8.48. The molecule has 1 atom stereocenters. The van der Waals surface area contributed by atoms with E-state index in [1.807, 2.05) is 20.8 Å². The fraction of sp³-hybridized carbons (Fsp3) is 0.882. The van der Waals surface area contributed by atoms with Crippen molar-refractivity contribution in [2.24, 2.45) is 16.7 Å². The Hall–Kier alpha value is -1.10. The van der Waals surface area contributed by atoms with Gasteiger partial charge in [0.15, 0.2) is 0 Å². The summed E-state index contributed by atoms with van der Waals surface area (Å²) in [5, 5.41) is 9.62. The van der Waals surface area contributed by atoms with Crippen LogP contribution in [0, 0.1) is 16.7 Å². The van der Waals surface area contributed by atoms with Crippen molar-refractivity contribution in [2.45, 2.75) is 52.9 Å². The molecule has 22 heavy (non-hydrogen) atoms. The van der Waals surface area contributed by atoms with Crippen molar-refractivity contribution in [1.82, 2.24) is 4.90 Å². The lowest BCUT2D eigenvalue weighted by Gasteiger charge is -2.43. The Morgan fingerprint density at radius 2 is 1.95 bits per heavy atom. The summed E-state index contributed by atoms with van der Waals surface area (Å²) in [7, 11) is 0. The Bertz CT molecular complexity index is 430. The summed E-state index contributed by atoms with van der Waals surface area (Å²) < 4.78 is 5.43. The fourth-order valence-corrected chi connectivity index (χ4v) is 3.82. The van der Waals surface area contributed by atoms with Gasteiger partial charge in [-0.2, -0.15) is 0 Å². The second-order valence-corrected chi connectivity index (χ2v) is 7.17. The predicted molar refractivity (Wildman–Crippen MR) is 83.5 cm³/mol. The Labute approximate surface area is 133 Å². The highest BCUT2D eigenvalue weighted by Crippen LogP contribution is 2.48. The van der Waals surface area contributed by atoms with Crippen molar-refractivity contribution in [1.29, 1.82) is 0 Å². The SMILES string of the molecule is CCOCCC1(C(=O)N2CCC(C(=O)O)(C(C)C)C2)CCC1. The van der Waals surface area contributed by atoms with Crippen molar-refractivity contribution >= 4 is 11.9 Å². The molecule has 1 heterocycles. The van der Waals surface area contributed by atoms with Gasteiger partial charge in [-0.15, -0.1) is 0 Å². The van der Waals surface area contributed by atoms with Crippen LogP contribution in [-0.4, -0.2) is 48.2 Å². The van der Waals surface area contributed by atoms with Gasteiger partial charge in [0.05, 0.1) is 10.8 Å². The minimum Gasteiger partial charge on any atom is -0.481 e. The highest BCUT2D eigenvalue weighted by molar-refractivity contribution is 5.85. The zero-order valence-corrected chi connectivity index (χ0v) is 14.1. The number of carboxylic acid groups (broad SMARTS) is 1. The van der Waals surface area contributed by atoms with E-state index in [9.17, 15) is 14.7 Å². The average Bonchev–Trinajstić information content (AvgIpc) is 2.87. The third-order valence-electron chi connectivity index (χ3n) is 5.81. The molecule has 5 nitrogen and oxygen atoms in total. The maximum atomic E-state index is 13.0. The topological polar surface area (TPSA) is 66.8 Å². The first-order chi connectivity index (χ1) is 10.4. The highest BCUT2D eigenvalue weighted by Gasteiger charge is 2.53. The molecular formula is C17H29NO4. The standard InChI is InChI=1S/C17H29NO4/c1-4-22-11-9-16(6-5-7-16)14(19)18-10-8-17(12-18,13(2)3)15(20)21/h13H,4-12H2,1-3H3,(H,20,21). The third kappa shape index (κ3) is 2.87. The van der Waals surface area contributed by atoms with Gasteiger partial charge in [0.1, 0.15) is 0 Å². The zero-order chi connectivity index (χ0) is 16.4. The van der Waals surface area contributed by atoms with E-state index >= 15 is 0 Å². The number of hydrogen-bond donors (Lipinski definition) is 1. The van der Waals surface area contributed by atoms with Crippen molar-refractivity contribution in [3.8, 4) is 0 Å². The van der Waals surface area contributed by atoms with Crippen LogP contribution >= 0.6 is 0 Å². The summed E-state index contributed by atoms with van der Waals surface area (Å²) in [4.78, 5) is 26.5. The van der Waals surface area contributed by atoms with Crippen LogP contribution in [0.2, 0.25) is 0 Å². The molecular weight excluding hydrogens is 282 g/mol. The summed E-state index contributed by atoms with van der Waals surface area (Å²) in [5.41, 5.74) is -1.07. The van der Waals surface area contributed by atoms with Crippen LogP contribution in [0.15, 0.2) is 0 Å². The minimum atomic E-state index is -0.777. The van der Waals surface area contributed by atoms with E-state index in [4.69, 9.17) is 4.74 Å². The molecule has 1 saturated carbocycles. The number of carboxylic acids is 1. The lowest BCUT2D eigenvalue weighted by molar-refractivity contribution is -0.153. The second kappa shape index (κ2) is 6.57. The van der Waals surface area contributed by atoms with Gasteiger partial charge in [0.2, 0.25) is 5.91 Å². The summed E-state index contributed by atoms with van der Waals surface area (Å²) in [6, 6.07) is 0. The van der Waals surface area contributed by atoms with E-state index in [1.165, 1.54) is 0 Å². The van der Waals surface area contributed by atoms with Crippen molar-refractivity contribution in [3.05, 3.63) is 0 Å². The van der Waals surface area contributed by atoms with Gasteiger partial charge in [-0.05, 0) is 38.5 Å². The number of likely N-dealkylation sites (tertiary alicyclic amines) is 1. The van der Waals surface area contributed by atoms with Gasteiger partial charge in [0.25, 0.3) is 0 Å². The molecule has 1 saturated heterocycles. The largest absolute Gasteiger partial charge is 0.481 e. The van der Waals surface area contributed by atoms with Crippen LogP contribution in [-0.2, 0) is 14.3 Å². The number of amides is 1. The lowest BCUT2D eigenvalue weighted by atomic mass is 9.65. The number of aliphatic carboxylic acids is 1. The van der Waals surface area contributed by atoms with Gasteiger partial charge >= 0.3 is 5.97 Å². The Morgan fingerprint density at radius 3 is 2.36 bits per heavy atom. The molecule has 1 amide bonds. The molecule has 0 aromatic rings. The summed E-state index contributed by atoms with van der Waals surface area (Å²) >= 11 is 0. The van der Waals surface area contributed by atoms with Crippen LogP contribution < -0.4 is 0 Å². The van der Waals surface area contributed by atoms with E-state index in [0.29, 0.717) is 32.7 Å². The number of carbonyl (C=O) groups excluding carboxylic acids is 1. The number of carbonyl (C=O) groups is 2. The van der Waals surface area contributed by atoms with Crippen LogP contribution in [0.4, 0.5) is 0 Å². The van der Waals surface area contributed by atoms with Crippen LogP contribution in [0.3, 0.4) is 0 Å². The van der Waals surface area contributed by atoms with Crippen molar-refractivity contribution < 1.29 is 19.4 Å². The Balaban J connectivity index is 2.05. The molecule has 5 heteroatoms. The number of hydrogen-bond acceptors (Lipinski definition) is 3. The molecule has 1 aliphatic carbocycles. The molecule has 2 rings (SSSR count). The molecule has 126 valence electrons. The minimum absolute atomic E-state index is 0.0311. The maximum absolute atomic E-state index is 13.0. The number of ether oxygens (including phenoxy) is 1. The maximum Gasteiger partial charge on any atom is 0.311 e. The molecule has 1 N–H and O–H groups in total. The van der Waals surface area contributed by atoms with E-state index in [2.05, 4.69) is 0 Å². The first-order valence-corrected chi connectivity index (χ1v) is 8.48. The van der Waals surface area contributed by atoms with Crippen LogP contribution in [0.5, 0.6) is 0 Å². The summed E-state index contributed by atoms with van der Waals surface area (Å²) in [6.07, 6.45) is 4.24. The zero-order valence-electron chi connectivity index (χ0n) is 14.1. The van der Waals surface area contributed by atoms with E-state index < -0.39 is 11.4 Å². The monoisotopic (exact) mass is 311 g/mol. The summed E-state index contributed by atoms with van der Waals surface area (Å²) in [5.74, 6) is -0.583. The lowest BCUT2D eigenvalue weighted by Crippen LogP contribution is -2.49. The first kappa shape index (κ1) is 17.3. The Morgan fingerprint density at radius 1 is 1.27 bits per heavy atom. The van der Waals surface area contributed by atoms with Crippen molar-refractivity contribution in [3.63, 3.8) is 0 Å². The number of nitrogens with zero attached hydrogens (tertiary/aromatic N) is 1. The molecule has 1 aliphatic heterocycles. The molecule has 0 radical (unpaired) electrons. The van der Waals surface area contributed by atoms with Gasteiger partial charge in [-0.25, -0.2) is 0 Å². The summed E-state index contributed by atoms with van der Waals surface area (Å²) in [6.45, 7) is 8.05.